The van der Waals surface area contributed by atoms with Crippen molar-refractivity contribution in [3.8, 4) is 11.4 Å². The van der Waals surface area contributed by atoms with Gasteiger partial charge in [0.15, 0.2) is 5.82 Å². The monoisotopic (exact) mass is 323 g/mol. The summed E-state index contributed by atoms with van der Waals surface area (Å²) in [5, 5.41) is 4.35. The van der Waals surface area contributed by atoms with Gasteiger partial charge in [-0.2, -0.15) is 9.36 Å². The fourth-order valence-electron chi connectivity index (χ4n) is 2.85. The molecule has 1 saturated heterocycles. The molecule has 0 saturated carbocycles. The summed E-state index contributed by atoms with van der Waals surface area (Å²) in [7, 11) is 0. The van der Waals surface area contributed by atoms with Crippen LogP contribution < -0.4 is 5.32 Å². The van der Waals surface area contributed by atoms with Crippen LogP contribution in [0.2, 0.25) is 0 Å². The Morgan fingerprint density at radius 1 is 1.00 bits per heavy atom. The molecule has 1 aliphatic heterocycles. The van der Waals surface area contributed by atoms with Crippen LogP contribution in [-0.2, 0) is 4.74 Å². The molecule has 4 nitrogen and oxygen atoms in total. The molecule has 1 aliphatic rings. The summed E-state index contributed by atoms with van der Waals surface area (Å²) in [5.74, 6) is 0.772. The second-order valence-corrected chi connectivity index (χ2v) is 6.28. The van der Waals surface area contributed by atoms with Gasteiger partial charge in [0, 0.05) is 23.7 Å². The highest BCUT2D eigenvalue weighted by atomic mass is 32.1. The number of nitrogens with zero attached hydrogens (tertiary/aromatic N) is 2. The van der Waals surface area contributed by atoms with E-state index in [1.165, 1.54) is 17.1 Å². The van der Waals surface area contributed by atoms with E-state index in [0.717, 1.165) is 29.5 Å². The quantitative estimate of drug-likeness (QED) is 0.783. The molecule has 2 atom stereocenters. The van der Waals surface area contributed by atoms with Crippen molar-refractivity contribution >= 4 is 16.7 Å². The van der Waals surface area contributed by atoms with Gasteiger partial charge >= 0.3 is 0 Å². The van der Waals surface area contributed by atoms with Crippen LogP contribution >= 0.6 is 11.5 Å². The van der Waals surface area contributed by atoms with E-state index in [1.54, 1.807) is 0 Å². The van der Waals surface area contributed by atoms with E-state index in [4.69, 9.17) is 4.74 Å². The highest BCUT2D eigenvalue weighted by molar-refractivity contribution is 7.09. The summed E-state index contributed by atoms with van der Waals surface area (Å²) in [5.41, 5.74) is 2.24. The first kappa shape index (κ1) is 14.4. The van der Waals surface area contributed by atoms with E-state index in [9.17, 15) is 0 Å². The number of aromatic nitrogens is 2. The summed E-state index contributed by atoms with van der Waals surface area (Å²) in [6.45, 7) is 0.765. The van der Waals surface area contributed by atoms with Crippen LogP contribution in [0, 0.1) is 0 Å². The first-order valence-corrected chi connectivity index (χ1v) is 8.50. The van der Waals surface area contributed by atoms with Gasteiger partial charge in [0.25, 0.3) is 0 Å². The molecule has 0 spiro atoms. The average Bonchev–Trinajstić information content (AvgIpc) is 3.26. The fourth-order valence-corrected chi connectivity index (χ4v) is 3.50. The Morgan fingerprint density at radius 2 is 1.74 bits per heavy atom. The minimum absolute atomic E-state index is 0.0697. The third-order valence-corrected chi connectivity index (χ3v) is 4.63. The van der Waals surface area contributed by atoms with Crippen molar-refractivity contribution in [3.05, 3.63) is 66.2 Å². The molecule has 1 N–H and O–H groups in total. The Bertz CT molecular complexity index is 760. The van der Waals surface area contributed by atoms with Crippen LogP contribution in [0.4, 0.5) is 5.13 Å². The van der Waals surface area contributed by atoms with Crippen molar-refractivity contribution in [2.45, 2.75) is 18.6 Å². The lowest BCUT2D eigenvalue weighted by Gasteiger charge is -2.19. The molecular formula is C18H17N3OS. The van der Waals surface area contributed by atoms with E-state index in [-0.39, 0.29) is 12.1 Å². The van der Waals surface area contributed by atoms with Gasteiger partial charge < -0.3 is 10.1 Å². The van der Waals surface area contributed by atoms with Crippen LogP contribution in [0.5, 0.6) is 0 Å². The van der Waals surface area contributed by atoms with E-state index in [2.05, 4.69) is 26.8 Å². The fraction of sp³-hybridized carbons (Fsp3) is 0.222. The molecule has 0 bridgehead atoms. The molecule has 0 amide bonds. The number of hydrogen-bond donors (Lipinski definition) is 1. The van der Waals surface area contributed by atoms with Crippen molar-refractivity contribution in [2.75, 3.05) is 11.9 Å². The smallest absolute Gasteiger partial charge is 0.203 e. The standard InChI is InChI=1S/C18H17N3OS/c1-3-7-13(8-4-1)16-15(11-12-22-16)19-18-20-17(21-23-18)14-9-5-2-6-10-14/h1-10,15-16H,11-12H2,(H,19,20,21)/t15-,16-/m0/s1. The largest absolute Gasteiger partial charge is 0.371 e. The van der Waals surface area contributed by atoms with Gasteiger partial charge in [0.05, 0.1) is 6.04 Å². The van der Waals surface area contributed by atoms with Crippen molar-refractivity contribution in [3.63, 3.8) is 0 Å². The second kappa shape index (κ2) is 6.48. The van der Waals surface area contributed by atoms with Crippen LogP contribution in [0.15, 0.2) is 60.7 Å². The summed E-state index contributed by atoms with van der Waals surface area (Å²) >= 11 is 1.40. The number of anilines is 1. The third-order valence-electron chi connectivity index (χ3n) is 3.99. The first-order chi connectivity index (χ1) is 11.4. The highest BCUT2D eigenvalue weighted by Crippen LogP contribution is 2.32. The van der Waals surface area contributed by atoms with E-state index in [0.29, 0.717) is 0 Å². The summed E-state index contributed by atoms with van der Waals surface area (Å²) in [4.78, 5) is 4.61. The van der Waals surface area contributed by atoms with Crippen LogP contribution in [0.1, 0.15) is 18.1 Å². The van der Waals surface area contributed by atoms with Crippen molar-refractivity contribution in [1.29, 1.82) is 0 Å². The van der Waals surface area contributed by atoms with Gasteiger partial charge in [0.2, 0.25) is 5.13 Å². The molecule has 2 aromatic carbocycles. The zero-order valence-electron chi connectivity index (χ0n) is 12.6. The van der Waals surface area contributed by atoms with Gasteiger partial charge in [-0.05, 0) is 12.0 Å². The summed E-state index contributed by atoms with van der Waals surface area (Å²) < 4.78 is 10.4. The molecule has 1 aromatic heterocycles. The number of nitrogens with one attached hydrogen (secondary N) is 1. The number of hydrogen-bond acceptors (Lipinski definition) is 5. The number of rotatable bonds is 4. The summed E-state index contributed by atoms with van der Waals surface area (Å²) in [6, 6.07) is 20.6. The first-order valence-electron chi connectivity index (χ1n) is 7.72. The van der Waals surface area contributed by atoms with Crippen LogP contribution in [0.25, 0.3) is 11.4 Å². The van der Waals surface area contributed by atoms with Gasteiger partial charge in [-0.3, -0.25) is 0 Å². The van der Waals surface area contributed by atoms with Crippen molar-refractivity contribution < 1.29 is 4.74 Å². The maximum atomic E-state index is 5.91. The molecule has 2 heterocycles. The van der Waals surface area contributed by atoms with Gasteiger partial charge in [-0.15, -0.1) is 0 Å². The molecule has 3 aromatic rings. The van der Waals surface area contributed by atoms with Crippen LogP contribution in [-0.4, -0.2) is 22.0 Å². The zero-order valence-corrected chi connectivity index (χ0v) is 13.4. The second-order valence-electron chi connectivity index (χ2n) is 5.53. The molecular weight excluding hydrogens is 306 g/mol. The Morgan fingerprint density at radius 3 is 2.52 bits per heavy atom. The molecule has 0 unspecified atom stereocenters. The topological polar surface area (TPSA) is 47.0 Å². The maximum Gasteiger partial charge on any atom is 0.203 e. The summed E-state index contributed by atoms with van der Waals surface area (Å²) in [6.07, 6.45) is 1.04. The predicted molar refractivity (Wildman–Crippen MR) is 92.5 cm³/mol. The minimum Gasteiger partial charge on any atom is -0.371 e. The Balaban J connectivity index is 1.51. The van der Waals surface area contributed by atoms with E-state index >= 15 is 0 Å². The van der Waals surface area contributed by atoms with Crippen molar-refractivity contribution in [1.82, 2.24) is 9.36 Å². The average molecular weight is 323 g/mol. The van der Waals surface area contributed by atoms with Gasteiger partial charge in [-0.1, -0.05) is 60.7 Å². The molecule has 5 heteroatoms. The Labute approximate surface area is 139 Å². The SMILES string of the molecule is c1ccc(-c2nsc(N[C@H]3CCO[C@H]3c3ccccc3)n2)cc1. The minimum atomic E-state index is 0.0697. The number of benzene rings is 2. The Kier molecular flexibility index (Phi) is 4.05. The lowest BCUT2D eigenvalue weighted by molar-refractivity contribution is 0.107. The molecule has 0 aliphatic carbocycles. The molecule has 4 rings (SSSR count). The van der Waals surface area contributed by atoms with E-state index < -0.39 is 0 Å². The zero-order chi connectivity index (χ0) is 15.5. The molecule has 116 valence electrons. The Hall–Kier alpha value is -2.24. The predicted octanol–water partition coefficient (Wildman–Crippen LogP) is 4.15. The normalized spacial score (nSPS) is 20.5. The van der Waals surface area contributed by atoms with Gasteiger partial charge in [0.1, 0.15) is 6.10 Å². The van der Waals surface area contributed by atoms with Crippen LogP contribution in [0.3, 0.4) is 0 Å². The van der Waals surface area contributed by atoms with E-state index in [1.807, 2.05) is 48.5 Å². The molecule has 23 heavy (non-hydrogen) atoms. The maximum absolute atomic E-state index is 5.91. The lowest BCUT2D eigenvalue weighted by Crippen LogP contribution is -2.23. The third kappa shape index (κ3) is 3.11. The van der Waals surface area contributed by atoms with Gasteiger partial charge in [-0.25, -0.2) is 0 Å². The van der Waals surface area contributed by atoms with Crippen molar-refractivity contribution in [2.24, 2.45) is 0 Å². The molecule has 0 radical (unpaired) electrons. The lowest BCUT2D eigenvalue weighted by atomic mass is 10.0. The highest BCUT2D eigenvalue weighted by Gasteiger charge is 2.30. The molecule has 1 fully saturated rings. The number of ether oxygens (including phenoxy) is 1.